The number of hydrogen-bond donors (Lipinski definition) is 1. The minimum absolute atomic E-state index is 0.496. The summed E-state index contributed by atoms with van der Waals surface area (Å²) in [6.07, 6.45) is 0. The molecule has 0 heterocycles. The standard InChI is InChI=1S/C16H20N2O2/c1-18(2)14-4-3-5-16(12-14)20-11-10-19-15-8-6-13(17)7-9-15/h3-9,12H,10-11,17H2,1-2H3. The van der Waals surface area contributed by atoms with E-state index in [-0.39, 0.29) is 0 Å². The number of nitrogens with two attached hydrogens (primary N) is 1. The molecule has 4 nitrogen and oxygen atoms in total. The van der Waals surface area contributed by atoms with Gasteiger partial charge in [-0.3, -0.25) is 0 Å². The van der Waals surface area contributed by atoms with E-state index in [4.69, 9.17) is 15.2 Å². The second-order valence-electron chi connectivity index (χ2n) is 4.66. The van der Waals surface area contributed by atoms with Gasteiger partial charge in [-0.05, 0) is 36.4 Å². The molecule has 0 saturated heterocycles. The second kappa shape index (κ2) is 6.70. The van der Waals surface area contributed by atoms with Crippen LogP contribution in [-0.4, -0.2) is 27.3 Å². The minimum Gasteiger partial charge on any atom is -0.490 e. The summed E-state index contributed by atoms with van der Waals surface area (Å²) < 4.78 is 11.2. The van der Waals surface area contributed by atoms with E-state index in [0.717, 1.165) is 22.9 Å². The fourth-order valence-corrected chi connectivity index (χ4v) is 1.73. The Kier molecular flexibility index (Phi) is 4.71. The van der Waals surface area contributed by atoms with Gasteiger partial charge in [-0.2, -0.15) is 0 Å². The lowest BCUT2D eigenvalue weighted by molar-refractivity contribution is 0.217. The molecular weight excluding hydrogens is 252 g/mol. The molecule has 106 valence electrons. The Morgan fingerprint density at radius 1 is 0.900 bits per heavy atom. The van der Waals surface area contributed by atoms with Gasteiger partial charge in [0.2, 0.25) is 0 Å². The van der Waals surface area contributed by atoms with Crippen molar-refractivity contribution in [2.75, 3.05) is 37.9 Å². The van der Waals surface area contributed by atoms with Crippen LogP contribution in [0.25, 0.3) is 0 Å². The average molecular weight is 272 g/mol. The van der Waals surface area contributed by atoms with Crippen molar-refractivity contribution >= 4 is 11.4 Å². The smallest absolute Gasteiger partial charge is 0.122 e. The van der Waals surface area contributed by atoms with Crippen molar-refractivity contribution in [2.24, 2.45) is 0 Å². The van der Waals surface area contributed by atoms with E-state index in [1.807, 2.05) is 67.5 Å². The third-order valence-electron chi connectivity index (χ3n) is 2.83. The monoisotopic (exact) mass is 272 g/mol. The predicted molar refractivity (Wildman–Crippen MR) is 82.6 cm³/mol. The van der Waals surface area contributed by atoms with Gasteiger partial charge in [-0.15, -0.1) is 0 Å². The van der Waals surface area contributed by atoms with Crippen LogP contribution in [-0.2, 0) is 0 Å². The molecule has 2 N–H and O–H groups in total. The maximum absolute atomic E-state index is 5.67. The average Bonchev–Trinajstić information content (AvgIpc) is 2.46. The quantitative estimate of drug-likeness (QED) is 0.649. The zero-order chi connectivity index (χ0) is 14.4. The molecule has 0 unspecified atom stereocenters. The molecule has 2 aromatic carbocycles. The summed E-state index contributed by atoms with van der Waals surface area (Å²) in [4.78, 5) is 2.04. The first-order valence-electron chi connectivity index (χ1n) is 6.54. The molecule has 20 heavy (non-hydrogen) atoms. The van der Waals surface area contributed by atoms with Gasteiger partial charge in [0.05, 0.1) is 0 Å². The maximum atomic E-state index is 5.67. The highest BCUT2D eigenvalue weighted by Gasteiger charge is 1.99. The highest BCUT2D eigenvalue weighted by Crippen LogP contribution is 2.19. The molecule has 0 amide bonds. The lowest BCUT2D eigenvalue weighted by Crippen LogP contribution is -2.11. The van der Waals surface area contributed by atoms with E-state index in [9.17, 15) is 0 Å². The molecule has 0 aliphatic heterocycles. The summed E-state index contributed by atoms with van der Waals surface area (Å²) in [5.41, 5.74) is 7.46. The third kappa shape index (κ3) is 4.09. The van der Waals surface area contributed by atoms with Crippen LogP contribution in [0.1, 0.15) is 0 Å². The molecule has 2 aromatic rings. The molecule has 0 aliphatic carbocycles. The fourth-order valence-electron chi connectivity index (χ4n) is 1.73. The predicted octanol–water partition coefficient (Wildman–Crippen LogP) is 2.79. The van der Waals surface area contributed by atoms with Gasteiger partial charge in [0.1, 0.15) is 24.7 Å². The van der Waals surface area contributed by atoms with Gasteiger partial charge < -0.3 is 20.1 Å². The van der Waals surface area contributed by atoms with E-state index in [2.05, 4.69) is 0 Å². The Bertz CT molecular complexity index is 538. The van der Waals surface area contributed by atoms with Crippen molar-refractivity contribution < 1.29 is 9.47 Å². The Hall–Kier alpha value is -2.36. The molecule has 0 radical (unpaired) electrons. The molecule has 0 saturated carbocycles. The van der Waals surface area contributed by atoms with Crippen LogP contribution in [0.3, 0.4) is 0 Å². The number of nitrogen functional groups attached to an aromatic ring is 1. The van der Waals surface area contributed by atoms with Crippen LogP contribution in [0.2, 0.25) is 0 Å². The van der Waals surface area contributed by atoms with E-state index in [1.54, 1.807) is 0 Å². The lowest BCUT2D eigenvalue weighted by atomic mass is 10.3. The van der Waals surface area contributed by atoms with Crippen molar-refractivity contribution in [2.45, 2.75) is 0 Å². The SMILES string of the molecule is CN(C)c1cccc(OCCOc2ccc(N)cc2)c1. The maximum Gasteiger partial charge on any atom is 0.122 e. The number of anilines is 2. The van der Waals surface area contributed by atoms with Gasteiger partial charge in [-0.25, -0.2) is 0 Å². The van der Waals surface area contributed by atoms with Crippen LogP contribution >= 0.6 is 0 Å². The first kappa shape index (κ1) is 14.1. The molecule has 0 fully saturated rings. The van der Waals surface area contributed by atoms with Crippen molar-refractivity contribution in [3.8, 4) is 11.5 Å². The van der Waals surface area contributed by atoms with E-state index >= 15 is 0 Å². The molecule has 0 aromatic heterocycles. The first-order valence-corrected chi connectivity index (χ1v) is 6.54. The largest absolute Gasteiger partial charge is 0.490 e. The van der Waals surface area contributed by atoms with Crippen molar-refractivity contribution in [1.82, 2.24) is 0 Å². The molecule has 0 aliphatic rings. The summed E-state index contributed by atoms with van der Waals surface area (Å²) in [5, 5.41) is 0. The number of hydrogen-bond acceptors (Lipinski definition) is 4. The van der Waals surface area contributed by atoms with Crippen LogP contribution in [0, 0.1) is 0 Å². The molecule has 0 atom stereocenters. The summed E-state index contributed by atoms with van der Waals surface area (Å²) in [6.45, 7) is 0.997. The van der Waals surface area contributed by atoms with Crippen molar-refractivity contribution in [3.05, 3.63) is 48.5 Å². The number of nitrogens with zero attached hydrogens (tertiary/aromatic N) is 1. The Morgan fingerprint density at radius 3 is 2.20 bits per heavy atom. The number of ether oxygens (including phenoxy) is 2. The molecular formula is C16H20N2O2. The zero-order valence-corrected chi connectivity index (χ0v) is 11.9. The first-order chi connectivity index (χ1) is 9.65. The highest BCUT2D eigenvalue weighted by molar-refractivity contribution is 5.49. The van der Waals surface area contributed by atoms with E-state index < -0.39 is 0 Å². The molecule has 2 rings (SSSR count). The Balaban J connectivity index is 1.78. The van der Waals surface area contributed by atoms with Crippen molar-refractivity contribution in [3.63, 3.8) is 0 Å². The lowest BCUT2D eigenvalue weighted by Gasteiger charge is -2.14. The molecule has 0 bridgehead atoms. The summed E-state index contributed by atoms with van der Waals surface area (Å²) >= 11 is 0. The van der Waals surface area contributed by atoms with E-state index in [1.165, 1.54) is 0 Å². The molecule has 4 heteroatoms. The second-order valence-corrected chi connectivity index (χ2v) is 4.66. The minimum atomic E-state index is 0.496. The zero-order valence-electron chi connectivity index (χ0n) is 11.9. The van der Waals surface area contributed by atoms with Crippen LogP contribution < -0.4 is 20.1 Å². The van der Waals surface area contributed by atoms with Crippen LogP contribution in [0.4, 0.5) is 11.4 Å². The summed E-state index contributed by atoms with van der Waals surface area (Å²) in [7, 11) is 4.01. The Labute approximate surface area is 119 Å². The Morgan fingerprint density at radius 2 is 1.55 bits per heavy atom. The van der Waals surface area contributed by atoms with Gasteiger partial charge >= 0.3 is 0 Å². The van der Waals surface area contributed by atoms with Gasteiger partial charge in [0.25, 0.3) is 0 Å². The normalized spacial score (nSPS) is 10.1. The van der Waals surface area contributed by atoms with Crippen LogP contribution in [0.15, 0.2) is 48.5 Å². The van der Waals surface area contributed by atoms with Gasteiger partial charge in [-0.1, -0.05) is 6.07 Å². The topological polar surface area (TPSA) is 47.7 Å². The van der Waals surface area contributed by atoms with Gasteiger partial charge in [0.15, 0.2) is 0 Å². The summed E-state index contributed by atoms with van der Waals surface area (Å²) in [6, 6.07) is 15.3. The van der Waals surface area contributed by atoms with Crippen LogP contribution in [0.5, 0.6) is 11.5 Å². The highest BCUT2D eigenvalue weighted by atomic mass is 16.5. The van der Waals surface area contributed by atoms with Crippen molar-refractivity contribution in [1.29, 1.82) is 0 Å². The van der Waals surface area contributed by atoms with Gasteiger partial charge in [0, 0.05) is 31.5 Å². The summed E-state index contributed by atoms with van der Waals surface area (Å²) in [5.74, 6) is 1.64. The number of rotatable bonds is 6. The molecule has 0 spiro atoms. The fraction of sp³-hybridized carbons (Fsp3) is 0.250. The number of benzene rings is 2. The van der Waals surface area contributed by atoms with E-state index in [0.29, 0.717) is 13.2 Å². The third-order valence-corrected chi connectivity index (χ3v) is 2.83.